The Labute approximate surface area is 183 Å². The van der Waals surface area contributed by atoms with Gasteiger partial charge in [-0.2, -0.15) is 0 Å². The average Bonchev–Trinajstić information content (AvgIpc) is 3.32. The summed E-state index contributed by atoms with van der Waals surface area (Å²) < 4.78 is 30.6. The van der Waals surface area contributed by atoms with Gasteiger partial charge in [0.25, 0.3) is 6.43 Å². The Morgan fingerprint density at radius 3 is 2.62 bits per heavy atom. The van der Waals surface area contributed by atoms with Crippen molar-refractivity contribution in [3.63, 3.8) is 0 Å². The monoisotopic (exact) mass is 442 g/mol. The number of aryl methyl sites for hydroxylation is 1. The zero-order chi connectivity index (χ0) is 22.2. The van der Waals surface area contributed by atoms with Crippen LogP contribution in [0.3, 0.4) is 0 Å². The Hall–Kier alpha value is -3.14. The van der Waals surface area contributed by atoms with Crippen LogP contribution in [0.5, 0.6) is 0 Å². The molecule has 2 amide bonds. The lowest BCUT2D eigenvalue weighted by atomic mass is 9.97. The maximum absolute atomic E-state index is 13.0. The number of piperidine rings is 1. The van der Waals surface area contributed by atoms with Crippen LogP contribution in [0.15, 0.2) is 35.1 Å². The number of fused-ring (bicyclic) bond motifs is 3. The van der Waals surface area contributed by atoms with Gasteiger partial charge in [0.05, 0.1) is 24.5 Å². The van der Waals surface area contributed by atoms with Crippen LogP contribution in [0, 0.1) is 6.92 Å². The van der Waals surface area contributed by atoms with Crippen LogP contribution >= 0.6 is 0 Å². The molecule has 32 heavy (non-hydrogen) atoms. The summed E-state index contributed by atoms with van der Waals surface area (Å²) in [5.41, 5.74) is 1.49. The van der Waals surface area contributed by atoms with Gasteiger partial charge in [-0.3, -0.25) is 10.3 Å². The Morgan fingerprint density at radius 1 is 1.16 bits per heavy atom. The number of nitrogens with zero attached hydrogens (tertiary/aromatic N) is 4. The molecule has 2 aliphatic heterocycles. The topological polar surface area (TPSA) is 96.2 Å². The lowest BCUT2D eigenvalue weighted by molar-refractivity contribution is 0.115. The van der Waals surface area contributed by atoms with Gasteiger partial charge in [0, 0.05) is 42.2 Å². The summed E-state index contributed by atoms with van der Waals surface area (Å²) in [6, 6.07) is 3.62. The zero-order valence-corrected chi connectivity index (χ0v) is 17.6. The molecular weight excluding hydrogens is 418 g/mol. The number of pyridine rings is 2. The predicted octanol–water partition coefficient (Wildman–Crippen LogP) is 3.98. The second-order valence-electron chi connectivity index (χ2n) is 8.42. The number of rotatable bonds is 5. The molecule has 5 heterocycles. The summed E-state index contributed by atoms with van der Waals surface area (Å²) in [6.07, 6.45) is 5.76. The number of amides is 2. The summed E-state index contributed by atoms with van der Waals surface area (Å²) >= 11 is 0. The standard InChI is InChI=1S/C22H24F2N6O2/c1-12-25-10-19(32-12)14-4-13-5-21(28-9-18(13)27-8-14)29-22(31)30-16-2-3-17(30)7-15(6-16)26-11-20(23)24/h4-5,8-10,15-17,20,26H,2-3,6-7,11H2,1H3,(H,28,29,31)/t15-,16+,17-. The molecule has 2 aliphatic rings. The van der Waals surface area contributed by atoms with Crippen LogP contribution < -0.4 is 10.6 Å². The molecule has 0 aromatic carbocycles. The van der Waals surface area contributed by atoms with E-state index < -0.39 is 6.43 Å². The first kappa shape index (κ1) is 20.7. The van der Waals surface area contributed by atoms with Gasteiger partial charge in [0.1, 0.15) is 5.82 Å². The van der Waals surface area contributed by atoms with E-state index in [1.54, 1.807) is 31.6 Å². The predicted molar refractivity (Wildman–Crippen MR) is 114 cm³/mol. The van der Waals surface area contributed by atoms with Crippen LogP contribution in [-0.2, 0) is 0 Å². The molecule has 2 N–H and O–H groups in total. The molecule has 3 aromatic rings. The Bertz CT molecular complexity index is 1120. The number of carbonyl (C=O) groups excluding carboxylic acids is 1. The molecule has 2 saturated heterocycles. The fraction of sp³-hybridized carbons (Fsp3) is 0.455. The third-order valence-corrected chi connectivity index (χ3v) is 6.24. The van der Waals surface area contributed by atoms with Gasteiger partial charge in [-0.1, -0.05) is 0 Å². The van der Waals surface area contributed by atoms with Crippen LogP contribution in [0.1, 0.15) is 31.6 Å². The second kappa shape index (κ2) is 8.42. The smallest absolute Gasteiger partial charge is 0.323 e. The fourth-order valence-corrected chi connectivity index (χ4v) is 4.83. The molecule has 0 unspecified atom stereocenters. The summed E-state index contributed by atoms with van der Waals surface area (Å²) in [4.78, 5) is 27.7. The minimum atomic E-state index is -2.36. The molecule has 3 aromatic heterocycles. The van der Waals surface area contributed by atoms with Crippen molar-refractivity contribution in [3.8, 4) is 11.3 Å². The SMILES string of the molecule is Cc1ncc(-c2cnc3cnc(NC(=O)N4[C@@H]5CC[C@H]4C[C@@H](NCC(F)F)C5)cc3c2)o1. The van der Waals surface area contributed by atoms with E-state index in [1.807, 2.05) is 11.0 Å². The van der Waals surface area contributed by atoms with Crippen molar-refractivity contribution < 1.29 is 18.0 Å². The number of anilines is 1. The van der Waals surface area contributed by atoms with E-state index in [0.29, 0.717) is 35.8 Å². The Balaban J connectivity index is 1.29. The average molecular weight is 442 g/mol. The maximum Gasteiger partial charge on any atom is 0.323 e. The summed E-state index contributed by atoms with van der Waals surface area (Å²) in [5.74, 6) is 1.64. The van der Waals surface area contributed by atoms with E-state index in [9.17, 15) is 13.6 Å². The number of carbonyl (C=O) groups is 1. The van der Waals surface area contributed by atoms with E-state index in [1.165, 1.54) is 0 Å². The molecule has 0 spiro atoms. The minimum absolute atomic E-state index is 0.0218. The second-order valence-corrected chi connectivity index (χ2v) is 8.42. The van der Waals surface area contributed by atoms with Gasteiger partial charge in [-0.25, -0.2) is 23.5 Å². The van der Waals surface area contributed by atoms with Crippen molar-refractivity contribution in [1.82, 2.24) is 25.2 Å². The van der Waals surface area contributed by atoms with Gasteiger partial charge in [-0.05, 0) is 37.8 Å². The normalized spacial score (nSPS) is 22.6. The van der Waals surface area contributed by atoms with Crippen molar-refractivity contribution in [3.05, 3.63) is 36.6 Å². The highest BCUT2D eigenvalue weighted by atomic mass is 19.3. The molecule has 2 bridgehead atoms. The van der Waals surface area contributed by atoms with Crippen LogP contribution in [0.25, 0.3) is 22.2 Å². The summed E-state index contributed by atoms with van der Waals surface area (Å²) in [7, 11) is 0. The van der Waals surface area contributed by atoms with E-state index in [4.69, 9.17) is 4.42 Å². The molecule has 2 fully saturated rings. The fourth-order valence-electron chi connectivity index (χ4n) is 4.83. The molecule has 10 heteroatoms. The summed E-state index contributed by atoms with van der Waals surface area (Å²) in [5, 5.41) is 6.66. The first-order valence-electron chi connectivity index (χ1n) is 10.8. The van der Waals surface area contributed by atoms with E-state index in [0.717, 1.165) is 23.8 Å². The first-order valence-corrected chi connectivity index (χ1v) is 10.8. The van der Waals surface area contributed by atoms with Crippen molar-refractivity contribution in [1.29, 1.82) is 0 Å². The lowest BCUT2D eigenvalue weighted by Crippen LogP contribution is -2.53. The summed E-state index contributed by atoms with van der Waals surface area (Å²) in [6.45, 7) is 1.47. The highest BCUT2D eigenvalue weighted by Gasteiger charge is 2.43. The maximum atomic E-state index is 13.0. The number of urea groups is 1. The molecule has 3 atom stereocenters. The number of alkyl halides is 2. The first-order chi connectivity index (χ1) is 15.5. The van der Waals surface area contributed by atoms with Crippen molar-refractivity contribution in [2.45, 2.75) is 57.2 Å². The van der Waals surface area contributed by atoms with Gasteiger partial charge in [0.2, 0.25) is 0 Å². The largest absolute Gasteiger partial charge is 0.441 e. The Morgan fingerprint density at radius 2 is 1.94 bits per heavy atom. The highest BCUT2D eigenvalue weighted by Crippen LogP contribution is 2.36. The van der Waals surface area contributed by atoms with Crippen molar-refractivity contribution >= 4 is 22.8 Å². The third kappa shape index (κ3) is 4.14. The van der Waals surface area contributed by atoms with E-state index in [2.05, 4.69) is 25.6 Å². The number of aromatic nitrogens is 3. The molecular formula is C22H24F2N6O2. The molecule has 5 rings (SSSR count). The molecule has 0 saturated carbocycles. The van der Waals surface area contributed by atoms with Crippen LogP contribution in [-0.4, -0.2) is 57.0 Å². The van der Waals surface area contributed by atoms with Crippen LogP contribution in [0.2, 0.25) is 0 Å². The number of hydrogen-bond acceptors (Lipinski definition) is 6. The zero-order valence-electron chi connectivity index (χ0n) is 17.6. The van der Waals surface area contributed by atoms with Gasteiger partial charge in [-0.15, -0.1) is 0 Å². The van der Waals surface area contributed by atoms with Gasteiger partial charge >= 0.3 is 6.03 Å². The molecule has 8 nitrogen and oxygen atoms in total. The number of halogens is 2. The van der Waals surface area contributed by atoms with E-state index >= 15 is 0 Å². The minimum Gasteiger partial charge on any atom is -0.441 e. The van der Waals surface area contributed by atoms with Gasteiger partial charge in [0.15, 0.2) is 11.7 Å². The number of oxazole rings is 1. The highest BCUT2D eigenvalue weighted by molar-refractivity contribution is 5.92. The molecule has 0 radical (unpaired) electrons. The van der Waals surface area contributed by atoms with Crippen molar-refractivity contribution in [2.75, 3.05) is 11.9 Å². The molecule has 168 valence electrons. The van der Waals surface area contributed by atoms with E-state index in [-0.39, 0.29) is 30.7 Å². The molecule has 0 aliphatic carbocycles. The van der Waals surface area contributed by atoms with Gasteiger partial charge < -0.3 is 14.6 Å². The Kier molecular flexibility index (Phi) is 5.46. The van der Waals surface area contributed by atoms with Crippen molar-refractivity contribution in [2.24, 2.45) is 0 Å². The third-order valence-electron chi connectivity index (χ3n) is 6.24. The van der Waals surface area contributed by atoms with Crippen LogP contribution in [0.4, 0.5) is 19.4 Å². The number of nitrogens with one attached hydrogen (secondary N) is 2. The number of hydrogen-bond donors (Lipinski definition) is 2. The quantitative estimate of drug-likeness (QED) is 0.621. The lowest BCUT2D eigenvalue weighted by Gasteiger charge is -2.39.